The first-order chi connectivity index (χ1) is 7.54. The van der Waals surface area contributed by atoms with Crippen LogP contribution in [0, 0.1) is 16.7 Å². The number of benzene rings is 1. The minimum absolute atomic E-state index is 0. The number of amidine groups is 1. The quantitative estimate of drug-likeness (QED) is 0.489. The second kappa shape index (κ2) is 6.56. The molecule has 17 heavy (non-hydrogen) atoms. The number of nitriles is 1. The summed E-state index contributed by atoms with van der Waals surface area (Å²) in [6.07, 6.45) is 0. The fraction of sp³-hybridized carbons (Fsp3) is 0.167. The van der Waals surface area contributed by atoms with Crippen molar-refractivity contribution in [2.45, 2.75) is 6.92 Å². The molecular weight excluding hydrogens is 238 g/mol. The third-order valence-corrected chi connectivity index (χ3v) is 1.89. The highest BCUT2D eigenvalue weighted by molar-refractivity contribution is 5.95. The molecule has 0 bridgehead atoms. The SMILES string of the molecule is C=C(C)COc1ccc(C(=N)N)cc1C#N.Cl. The van der Waals surface area contributed by atoms with E-state index in [0.717, 1.165) is 5.57 Å². The van der Waals surface area contributed by atoms with Gasteiger partial charge in [-0.3, -0.25) is 5.41 Å². The largest absolute Gasteiger partial charge is 0.488 e. The van der Waals surface area contributed by atoms with E-state index in [2.05, 4.69) is 6.58 Å². The van der Waals surface area contributed by atoms with Gasteiger partial charge < -0.3 is 10.5 Å². The van der Waals surface area contributed by atoms with Crippen LogP contribution in [0.3, 0.4) is 0 Å². The van der Waals surface area contributed by atoms with Crippen molar-refractivity contribution in [3.05, 3.63) is 41.5 Å². The molecule has 0 aliphatic carbocycles. The van der Waals surface area contributed by atoms with Crippen molar-refractivity contribution in [1.29, 1.82) is 10.7 Å². The van der Waals surface area contributed by atoms with E-state index in [9.17, 15) is 0 Å². The number of nitrogens with two attached hydrogens (primary N) is 1. The summed E-state index contributed by atoms with van der Waals surface area (Å²) < 4.78 is 5.39. The molecule has 0 heterocycles. The van der Waals surface area contributed by atoms with Gasteiger partial charge in [0.2, 0.25) is 0 Å². The summed E-state index contributed by atoms with van der Waals surface area (Å²) in [5.74, 6) is 0.415. The highest BCUT2D eigenvalue weighted by atomic mass is 35.5. The maximum absolute atomic E-state index is 8.93. The van der Waals surface area contributed by atoms with Crippen molar-refractivity contribution in [1.82, 2.24) is 0 Å². The highest BCUT2D eigenvalue weighted by Crippen LogP contribution is 2.19. The smallest absolute Gasteiger partial charge is 0.137 e. The summed E-state index contributed by atoms with van der Waals surface area (Å²) >= 11 is 0. The van der Waals surface area contributed by atoms with Crippen molar-refractivity contribution in [2.24, 2.45) is 5.73 Å². The lowest BCUT2D eigenvalue weighted by Crippen LogP contribution is -2.11. The number of halogens is 1. The second-order valence-electron chi connectivity index (χ2n) is 3.48. The molecule has 4 nitrogen and oxygen atoms in total. The van der Waals surface area contributed by atoms with E-state index >= 15 is 0 Å². The van der Waals surface area contributed by atoms with Crippen molar-refractivity contribution in [3.8, 4) is 11.8 Å². The van der Waals surface area contributed by atoms with Gasteiger partial charge in [0.1, 0.15) is 24.3 Å². The Hall–Kier alpha value is -1.99. The van der Waals surface area contributed by atoms with Gasteiger partial charge in [0.25, 0.3) is 0 Å². The van der Waals surface area contributed by atoms with Gasteiger partial charge >= 0.3 is 0 Å². The number of nitrogens with one attached hydrogen (secondary N) is 1. The Morgan fingerprint density at radius 2 is 2.24 bits per heavy atom. The monoisotopic (exact) mass is 251 g/mol. The van der Waals surface area contributed by atoms with Gasteiger partial charge in [0.05, 0.1) is 5.56 Å². The van der Waals surface area contributed by atoms with E-state index in [1.165, 1.54) is 6.07 Å². The molecule has 0 fully saturated rings. The van der Waals surface area contributed by atoms with Gasteiger partial charge in [-0.2, -0.15) is 5.26 Å². The Morgan fingerprint density at radius 1 is 1.59 bits per heavy atom. The Bertz CT molecular complexity index is 477. The lowest BCUT2D eigenvalue weighted by atomic mass is 10.1. The Labute approximate surface area is 107 Å². The summed E-state index contributed by atoms with van der Waals surface area (Å²) in [4.78, 5) is 0. The van der Waals surface area contributed by atoms with Crippen LogP contribution in [0.5, 0.6) is 5.75 Å². The molecule has 0 spiro atoms. The lowest BCUT2D eigenvalue weighted by molar-refractivity contribution is 0.351. The van der Waals surface area contributed by atoms with Gasteiger partial charge in [0.15, 0.2) is 0 Å². The van der Waals surface area contributed by atoms with Gasteiger partial charge in [-0.05, 0) is 30.7 Å². The van der Waals surface area contributed by atoms with Crippen LogP contribution in [0.4, 0.5) is 0 Å². The van der Waals surface area contributed by atoms with Crippen molar-refractivity contribution >= 4 is 18.2 Å². The molecule has 1 rings (SSSR count). The molecule has 0 aliphatic rings. The van der Waals surface area contributed by atoms with Crippen molar-refractivity contribution in [2.75, 3.05) is 6.61 Å². The molecule has 0 aliphatic heterocycles. The topological polar surface area (TPSA) is 82.9 Å². The zero-order valence-electron chi connectivity index (χ0n) is 9.49. The van der Waals surface area contributed by atoms with Crippen LogP contribution in [0.15, 0.2) is 30.4 Å². The van der Waals surface area contributed by atoms with Crippen LogP contribution >= 0.6 is 12.4 Å². The molecule has 0 radical (unpaired) electrons. The van der Waals surface area contributed by atoms with Crippen LogP contribution in [-0.2, 0) is 0 Å². The molecule has 0 atom stereocenters. The predicted molar refractivity (Wildman–Crippen MR) is 69.7 cm³/mol. The van der Waals surface area contributed by atoms with E-state index in [4.69, 9.17) is 21.1 Å². The van der Waals surface area contributed by atoms with E-state index in [1.807, 2.05) is 13.0 Å². The molecule has 0 aromatic heterocycles. The van der Waals surface area contributed by atoms with E-state index < -0.39 is 0 Å². The first kappa shape index (κ1) is 15.0. The van der Waals surface area contributed by atoms with Gasteiger partial charge in [-0.15, -0.1) is 12.4 Å². The average Bonchev–Trinajstić information content (AvgIpc) is 2.25. The minimum atomic E-state index is -0.0667. The predicted octanol–water partition coefficient (Wildman–Crippen LogP) is 2.22. The molecule has 0 amide bonds. The second-order valence-corrected chi connectivity index (χ2v) is 3.48. The fourth-order valence-electron chi connectivity index (χ4n) is 1.11. The zero-order valence-corrected chi connectivity index (χ0v) is 10.3. The van der Waals surface area contributed by atoms with Crippen LogP contribution in [0.1, 0.15) is 18.1 Å². The minimum Gasteiger partial charge on any atom is -0.488 e. The fourth-order valence-corrected chi connectivity index (χ4v) is 1.11. The number of rotatable bonds is 4. The van der Waals surface area contributed by atoms with Crippen LogP contribution in [0.25, 0.3) is 0 Å². The van der Waals surface area contributed by atoms with Crippen molar-refractivity contribution in [3.63, 3.8) is 0 Å². The Balaban J connectivity index is 0.00000256. The number of hydrogen-bond acceptors (Lipinski definition) is 3. The van der Waals surface area contributed by atoms with Crippen LogP contribution in [0.2, 0.25) is 0 Å². The lowest BCUT2D eigenvalue weighted by Gasteiger charge is -2.08. The Kier molecular flexibility index (Phi) is 5.79. The normalized spacial score (nSPS) is 8.71. The molecule has 1 aromatic rings. The van der Waals surface area contributed by atoms with Crippen LogP contribution < -0.4 is 10.5 Å². The first-order valence-electron chi connectivity index (χ1n) is 4.70. The first-order valence-corrected chi connectivity index (χ1v) is 4.70. The van der Waals surface area contributed by atoms with Gasteiger partial charge in [-0.1, -0.05) is 6.58 Å². The molecule has 1 aromatic carbocycles. The molecule has 3 N–H and O–H groups in total. The third kappa shape index (κ3) is 4.17. The van der Waals surface area contributed by atoms with Gasteiger partial charge in [0, 0.05) is 5.56 Å². The standard InChI is InChI=1S/C12H13N3O.ClH/c1-8(2)7-16-11-4-3-9(12(14)15)5-10(11)6-13;/h3-5H,1,7H2,2H3,(H3,14,15);1H. The maximum Gasteiger partial charge on any atom is 0.137 e. The summed E-state index contributed by atoms with van der Waals surface area (Å²) in [6, 6.07) is 6.83. The summed E-state index contributed by atoms with van der Waals surface area (Å²) in [5.41, 5.74) is 7.09. The number of nitrogen functional groups attached to an aromatic ring is 1. The number of nitrogens with zero attached hydrogens (tertiary/aromatic N) is 1. The number of ether oxygens (including phenoxy) is 1. The summed E-state index contributed by atoms with van der Waals surface area (Å²) in [6.45, 7) is 5.92. The molecule has 0 saturated heterocycles. The highest BCUT2D eigenvalue weighted by Gasteiger charge is 2.06. The average molecular weight is 252 g/mol. The van der Waals surface area contributed by atoms with E-state index in [1.54, 1.807) is 12.1 Å². The molecule has 5 heteroatoms. The molecule has 0 unspecified atom stereocenters. The maximum atomic E-state index is 8.93. The summed E-state index contributed by atoms with van der Waals surface area (Å²) in [7, 11) is 0. The summed E-state index contributed by atoms with van der Waals surface area (Å²) in [5, 5.41) is 16.2. The third-order valence-electron chi connectivity index (χ3n) is 1.89. The van der Waals surface area contributed by atoms with E-state index in [0.29, 0.717) is 23.5 Å². The van der Waals surface area contributed by atoms with Crippen LogP contribution in [-0.4, -0.2) is 12.4 Å². The van der Waals surface area contributed by atoms with Crippen molar-refractivity contribution < 1.29 is 4.74 Å². The molecule has 0 saturated carbocycles. The number of hydrogen-bond donors (Lipinski definition) is 2. The Morgan fingerprint density at radius 3 is 2.71 bits per heavy atom. The van der Waals surface area contributed by atoms with Gasteiger partial charge in [-0.25, -0.2) is 0 Å². The van der Waals surface area contributed by atoms with E-state index in [-0.39, 0.29) is 18.2 Å². The molecule has 90 valence electrons. The zero-order chi connectivity index (χ0) is 12.1. The molecular formula is C12H14ClN3O.